The Labute approximate surface area is 192 Å². The van der Waals surface area contributed by atoms with E-state index >= 15 is 0 Å². The van der Waals surface area contributed by atoms with Crippen LogP contribution in [-0.4, -0.2) is 37.2 Å². The number of amides is 1. The molecule has 0 saturated carbocycles. The summed E-state index contributed by atoms with van der Waals surface area (Å²) in [7, 11) is 0. The first-order valence-corrected chi connectivity index (χ1v) is 10.8. The second-order valence-corrected chi connectivity index (χ2v) is 8.14. The highest BCUT2D eigenvalue weighted by atomic mass is 16.3. The van der Waals surface area contributed by atoms with E-state index < -0.39 is 0 Å². The van der Waals surface area contributed by atoms with Crippen LogP contribution < -0.4 is 10.3 Å². The molecule has 3 N–H and O–H groups in total. The molecule has 1 aliphatic heterocycles. The van der Waals surface area contributed by atoms with Gasteiger partial charge < -0.3 is 15.4 Å². The van der Waals surface area contributed by atoms with E-state index in [1.54, 1.807) is 24.7 Å². The number of hydrogen-bond acceptors (Lipinski definition) is 7. The van der Waals surface area contributed by atoms with E-state index in [1.165, 1.54) is 23.6 Å². The van der Waals surface area contributed by atoms with Gasteiger partial charge in [-0.05, 0) is 47.7 Å². The SMILES string of the molecule is CC(C)c1c(/C=C2\C=NN(c3cnccn3)C2=O)[nH]c(CO)c1C(C)NCc1ccncc1. The Morgan fingerprint density at radius 2 is 1.91 bits per heavy atom. The first kappa shape index (κ1) is 22.5. The normalized spacial score (nSPS) is 15.7. The number of nitrogens with one attached hydrogen (secondary N) is 2. The van der Waals surface area contributed by atoms with Gasteiger partial charge in [0.05, 0.1) is 24.6 Å². The molecule has 3 aromatic rings. The summed E-state index contributed by atoms with van der Waals surface area (Å²) in [6, 6.07) is 3.92. The highest BCUT2D eigenvalue weighted by molar-refractivity contribution is 6.25. The van der Waals surface area contributed by atoms with E-state index in [0.29, 0.717) is 17.9 Å². The molecular formula is C24H27N7O2. The van der Waals surface area contributed by atoms with Gasteiger partial charge in [0.1, 0.15) is 0 Å². The Morgan fingerprint density at radius 1 is 1.12 bits per heavy atom. The number of aromatic nitrogens is 4. The van der Waals surface area contributed by atoms with Gasteiger partial charge in [-0.15, -0.1) is 0 Å². The average molecular weight is 446 g/mol. The molecule has 0 saturated heterocycles. The van der Waals surface area contributed by atoms with Gasteiger partial charge in [-0.2, -0.15) is 10.1 Å². The summed E-state index contributed by atoms with van der Waals surface area (Å²) in [5, 5.41) is 19.0. The van der Waals surface area contributed by atoms with Gasteiger partial charge in [0.15, 0.2) is 5.82 Å². The number of H-pyrrole nitrogens is 1. The summed E-state index contributed by atoms with van der Waals surface area (Å²) in [5.41, 5.74) is 5.15. The van der Waals surface area contributed by atoms with Crippen molar-refractivity contribution in [3.63, 3.8) is 0 Å². The molecule has 1 unspecified atom stereocenters. The van der Waals surface area contributed by atoms with Crippen molar-refractivity contribution in [1.82, 2.24) is 25.3 Å². The van der Waals surface area contributed by atoms with Crippen LogP contribution in [0.1, 0.15) is 60.8 Å². The molecule has 170 valence electrons. The Hall–Kier alpha value is -3.69. The molecule has 4 rings (SSSR count). The third kappa shape index (κ3) is 4.74. The van der Waals surface area contributed by atoms with Crippen molar-refractivity contribution in [3.05, 3.63) is 76.8 Å². The molecule has 0 aliphatic carbocycles. The molecule has 3 aromatic heterocycles. The second kappa shape index (κ2) is 9.85. The van der Waals surface area contributed by atoms with E-state index in [4.69, 9.17) is 0 Å². The van der Waals surface area contributed by atoms with Crippen LogP contribution in [0, 0.1) is 0 Å². The van der Waals surface area contributed by atoms with Crippen LogP contribution in [0.2, 0.25) is 0 Å². The van der Waals surface area contributed by atoms with Crippen LogP contribution in [0.5, 0.6) is 0 Å². The molecular weight excluding hydrogens is 418 g/mol. The second-order valence-electron chi connectivity index (χ2n) is 8.14. The lowest BCUT2D eigenvalue weighted by atomic mass is 9.93. The molecule has 1 atom stereocenters. The van der Waals surface area contributed by atoms with Crippen LogP contribution in [0.25, 0.3) is 6.08 Å². The molecule has 0 bridgehead atoms. The Bertz CT molecular complexity index is 1170. The quantitative estimate of drug-likeness (QED) is 0.459. The number of rotatable bonds is 8. The van der Waals surface area contributed by atoms with E-state index in [1.807, 2.05) is 12.1 Å². The highest BCUT2D eigenvalue weighted by Crippen LogP contribution is 2.34. The van der Waals surface area contributed by atoms with Gasteiger partial charge >= 0.3 is 0 Å². The van der Waals surface area contributed by atoms with Crippen molar-refractivity contribution >= 4 is 24.0 Å². The number of aromatic amines is 1. The number of nitrogens with zero attached hydrogens (tertiary/aromatic N) is 5. The van der Waals surface area contributed by atoms with Gasteiger partial charge in [0.25, 0.3) is 5.91 Å². The van der Waals surface area contributed by atoms with Crippen molar-refractivity contribution in [2.45, 2.75) is 45.9 Å². The summed E-state index contributed by atoms with van der Waals surface area (Å²) in [6.07, 6.45) is 11.4. The smallest absolute Gasteiger partial charge is 0.281 e. The monoisotopic (exact) mass is 445 g/mol. The molecule has 9 nitrogen and oxygen atoms in total. The lowest BCUT2D eigenvalue weighted by Crippen LogP contribution is -2.22. The van der Waals surface area contributed by atoms with Crippen LogP contribution in [0.3, 0.4) is 0 Å². The number of aliphatic hydroxyl groups is 1. The van der Waals surface area contributed by atoms with E-state index in [2.05, 4.69) is 51.1 Å². The maximum absolute atomic E-state index is 12.9. The highest BCUT2D eigenvalue weighted by Gasteiger charge is 2.28. The lowest BCUT2D eigenvalue weighted by Gasteiger charge is -2.19. The van der Waals surface area contributed by atoms with Crippen molar-refractivity contribution < 1.29 is 9.90 Å². The van der Waals surface area contributed by atoms with Crippen molar-refractivity contribution in [2.75, 3.05) is 5.01 Å². The third-order valence-corrected chi connectivity index (χ3v) is 5.54. The zero-order valence-corrected chi connectivity index (χ0v) is 18.9. The Balaban J connectivity index is 1.63. The summed E-state index contributed by atoms with van der Waals surface area (Å²) >= 11 is 0. The maximum Gasteiger partial charge on any atom is 0.281 e. The largest absolute Gasteiger partial charge is 0.390 e. The molecule has 0 spiro atoms. The van der Waals surface area contributed by atoms with Crippen molar-refractivity contribution in [1.29, 1.82) is 0 Å². The molecule has 33 heavy (non-hydrogen) atoms. The van der Waals surface area contributed by atoms with Gasteiger partial charge in [-0.3, -0.25) is 14.8 Å². The minimum Gasteiger partial charge on any atom is -0.390 e. The lowest BCUT2D eigenvalue weighted by molar-refractivity contribution is -0.114. The Kier molecular flexibility index (Phi) is 6.71. The summed E-state index contributed by atoms with van der Waals surface area (Å²) in [6.45, 7) is 6.81. The number of pyridine rings is 1. The van der Waals surface area contributed by atoms with Gasteiger partial charge in [0.2, 0.25) is 0 Å². The van der Waals surface area contributed by atoms with Crippen LogP contribution in [0.4, 0.5) is 5.82 Å². The fraction of sp³-hybridized carbons (Fsp3) is 0.292. The Morgan fingerprint density at radius 3 is 2.58 bits per heavy atom. The zero-order chi connectivity index (χ0) is 23.4. The van der Waals surface area contributed by atoms with Gasteiger partial charge in [-0.25, -0.2) is 4.98 Å². The molecule has 1 amide bonds. The fourth-order valence-electron chi connectivity index (χ4n) is 4.00. The summed E-state index contributed by atoms with van der Waals surface area (Å²) in [4.78, 5) is 28.5. The predicted octanol–water partition coefficient (Wildman–Crippen LogP) is 3.08. The number of carbonyl (C=O) groups is 1. The number of aliphatic hydroxyl groups excluding tert-OH is 1. The number of hydrazone groups is 1. The molecule has 0 aromatic carbocycles. The maximum atomic E-state index is 12.9. The standard InChI is InChI=1S/C24H27N7O2/c1-15(2)22-19(10-18-12-29-31(24(18)33)21-13-26-8-9-27-21)30-20(14-32)23(22)16(3)28-11-17-4-6-25-7-5-17/h4-10,12-13,15-16,28,30,32H,11,14H2,1-3H3/b18-10+. The molecule has 0 fully saturated rings. The third-order valence-electron chi connectivity index (χ3n) is 5.54. The molecule has 9 heteroatoms. The zero-order valence-electron chi connectivity index (χ0n) is 18.9. The van der Waals surface area contributed by atoms with Gasteiger partial charge in [0, 0.05) is 48.8 Å². The van der Waals surface area contributed by atoms with E-state index in [-0.39, 0.29) is 24.5 Å². The van der Waals surface area contributed by atoms with Gasteiger partial charge in [-0.1, -0.05) is 13.8 Å². The van der Waals surface area contributed by atoms with Crippen molar-refractivity contribution in [2.24, 2.45) is 5.10 Å². The molecule has 0 radical (unpaired) electrons. The number of carbonyl (C=O) groups excluding carboxylic acids is 1. The first-order chi connectivity index (χ1) is 16.0. The van der Waals surface area contributed by atoms with Crippen molar-refractivity contribution in [3.8, 4) is 0 Å². The number of hydrogen-bond donors (Lipinski definition) is 3. The first-order valence-electron chi connectivity index (χ1n) is 10.8. The average Bonchev–Trinajstić information content (AvgIpc) is 3.39. The summed E-state index contributed by atoms with van der Waals surface area (Å²) < 4.78 is 0. The summed E-state index contributed by atoms with van der Waals surface area (Å²) in [5.74, 6) is 0.247. The van der Waals surface area contributed by atoms with Crippen LogP contribution in [0.15, 0.2) is 53.8 Å². The van der Waals surface area contributed by atoms with Crippen LogP contribution >= 0.6 is 0 Å². The van der Waals surface area contributed by atoms with E-state index in [9.17, 15) is 9.90 Å². The van der Waals surface area contributed by atoms with E-state index in [0.717, 1.165) is 28.1 Å². The van der Waals surface area contributed by atoms with Crippen LogP contribution in [-0.2, 0) is 17.9 Å². The minimum absolute atomic E-state index is 0.0230. The fourth-order valence-corrected chi connectivity index (χ4v) is 4.00. The minimum atomic E-state index is -0.282. The molecule has 4 heterocycles. The predicted molar refractivity (Wildman–Crippen MR) is 126 cm³/mol. The topological polar surface area (TPSA) is 119 Å². The molecule has 1 aliphatic rings. The number of anilines is 1.